The molecule has 1 amide bonds. The third-order valence-corrected chi connectivity index (χ3v) is 3.62. The third-order valence-electron chi connectivity index (χ3n) is 3.62. The van der Waals surface area contributed by atoms with E-state index in [1.165, 1.54) is 0 Å². The topological polar surface area (TPSA) is 80.0 Å². The van der Waals surface area contributed by atoms with Gasteiger partial charge in [-0.25, -0.2) is 0 Å². The van der Waals surface area contributed by atoms with Crippen LogP contribution in [-0.4, -0.2) is 43.5 Å². The highest BCUT2D eigenvalue weighted by molar-refractivity contribution is 14.0. The molecule has 3 N–H and O–H groups in total. The van der Waals surface area contributed by atoms with Crippen molar-refractivity contribution in [3.8, 4) is 0 Å². The van der Waals surface area contributed by atoms with Gasteiger partial charge in [0.2, 0.25) is 5.91 Å². The summed E-state index contributed by atoms with van der Waals surface area (Å²) in [5, 5.41) is 3.10. The molecule has 1 fully saturated rings. The van der Waals surface area contributed by atoms with Crippen molar-refractivity contribution in [3.05, 3.63) is 29.8 Å². The first-order valence-corrected chi connectivity index (χ1v) is 7.62. The number of benzene rings is 1. The van der Waals surface area contributed by atoms with Gasteiger partial charge in [0.25, 0.3) is 0 Å². The second-order valence-corrected chi connectivity index (χ2v) is 5.32. The molecule has 2 rings (SSSR count). The number of ether oxygens (including phenoxy) is 1. The van der Waals surface area contributed by atoms with E-state index in [1.807, 2.05) is 29.2 Å². The van der Waals surface area contributed by atoms with Crippen LogP contribution in [0.15, 0.2) is 29.3 Å². The summed E-state index contributed by atoms with van der Waals surface area (Å²) in [6, 6.07) is 7.82. The Hall–Kier alpha value is -1.35. The lowest BCUT2D eigenvalue weighted by molar-refractivity contribution is -0.127. The highest BCUT2D eigenvalue weighted by atomic mass is 127. The van der Waals surface area contributed by atoms with Crippen molar-refractivity contribution in [1.82, 2.24) is 4.90 Å². The van der Waals surface area contributed by atoms with Crippen LogP contribution >= 0.6 is 24.0 Å². The summed E-state index contributed by atoms with van der Waals surface area (Å²) in [5.74, 6) is 0.639. The summed E-state index contributed by atoms with van der Waals surface area (Å²) >= 11 is 0. The van der Waals surface area contributed by atoms with Crippen LogP contribution in [0, 0.1) is 0 Å². The fourth-order valence-electron chi connectivity index (χ4n) is 2.50. The predicted octanol–water partition coefficient (Wildman–Crippen LogP) is 2.19. The van der Waals surface area contributed by atoms with Crippen LogP contribution in [0.1, 0.15) is 24.8 Å². The van der Waals surface area contributed by atoms with E-state index in [0.29, 0.717) is 25.5 Å². The van der Waals surface area contributed by atoms with Crippen molar-refractivity contribution in [3.63, 3.8) is 0 Å². The minimum absolute atomic E-state index is 0. The largest absolute Gasteiger partial charge is 0.380 e. The Bertz CT molecular complexity index is 537. The fourth-order valence-corrected chi connectivity index (χ4v) is 2.50. The molecule has 23 heavy (non-hydrogen) atoms. The van der Waals surface area contributed by atoms with Gasteiger partial charge in [-0.05, 0) is 18.9 Å². The van der Waals surface area contributed by atoms with E-state index >= 15 is 0 Å². The number of para-hydroxylation sites is 1. The van der Waals surface area contributed by atoms with Gasteiger partial charge in [0.1, 0.15) is 0 Å². The minimum Gasteiger partial charge on any atom is -0.380 e. The lowest BCUT2D eigenvalue weighted by Gasteiger charge is -2.14. The molecule has 1 saturated heterocycles. The smallest absolute Gasteiger partial charge is 0.222 e. The Kier molecular flexibility index (Phi) is 8.93. The summed E-state index contributed by atoms with van der Waals surface area (Å²) in [7, 11) is 1.66. The molecule has 1 heterocycles. The average Bonchev–Trinajstić information content (AvgIpc) is 2.91. The molecule has 0 aromatic heterocycles. The van der Waals surface area contributed by atoms with Crippen LogP contribution in [0.5, 0.6) is 0 Å². The van der Waals surface area contributed by atoms with Gasteiger partial charge >= 0.3 is 0 Å². The van der Waals surface area contributed by atoms with Crippen molar-refractivity contribution < 1.29 is 9.53 Å². The fraction of sp³-hybridized carbons (Fsp3) is 0.500. The minimum atomic E-state index is 0. The summed E-state index contributed by atoms with van der Waals surface area (Å²) in [6.45, 7) is 2.76. The van der Waals surface area contributed by atoms with Crippen LogP contribution in [0.4, 0.5) is 5.69 Å². The number of nitrogens with one attached hydrogen (secondary N) is 1. The van der Waals surface area contributed by atoms with E-state index in [0.717, 1.165) is 37.2 Å². The van der Waals surface area contributed by atoms with E-state index in [9.17, 15) is 4.79 Å². The predicted molar refractivity (Wildman–Crippen MR) is 103 cm³/mol. The molecule has 1 aliphatic rings. The molecule has 0 aliphatic carbocycles. The number of anilines is 1. The number of hydrogen-bond acceptors (Lipinski definition) is 3. The molecule has 0 unspecified atom stereocenters. The first-order chi connectivity index (χ1) is 10.7. The van der Waals surface area contributed by atoms with Crippen LogP contribution in [0.25, 0.3) is 0 Å². The number of halogens is 1. The van der Waals surface area contributed by atoms with Crippen molar-refractivity contribution in [2.24, 2.45) is 10.7 Å². The quantitative estimate of drug-likeness (QED) is 0.300. The molecular formula is C16H25IN4O2. The highest BCUT2D eigenvalue weighted by Gasteiger charge is 2.18. The molecule has 7 heteroatoms. The van der Waals surface area contributed by atoms with Gasteiger partial charge in [-0.15, -0.1) is 24.0 Å². The first kappa shape index (κ1) is 19.7. The van der Waals surface area contributed by atoms with Crippen molar-refractivity contribution >= 4 is 41.5 Å². The molecule has 0 spiro atoms. The van der Waals surface area contributed by atoms with Crippen LogP contribution in [0.3, 0.4) is 0 Å². The summed E-state index contributed by atoms with van der Waals surface area (Å²) in [6.07, 6.45) is 2.49. The number of methoxy groups -OCH3 is 1. The first-order valence-electron chi connectivity index (χ1n) is 7.62. The Balaban J connectivity index is 0.00000264. The normalized spacial score (nSPS) is 14.7. The number of carbonyl (C=O) groups excluding carboxylic acids is 1. The maximum Gasteiger partial charge on any atom is 0.222 e. The molecule has 0 atom stereocenters. The number of nitrogens with two attached hydrogens (primary N) is 1. The summed E-state index contributed by atoms with van der Waals surface area (Å²) < 4.78 is 5.16. The summed E-state index contributed by atoms with van der Waals surface area (Å²) in [4.78, 5) is 17.7. The lowest BCUT2D eigenvalue weighted by atomic mass is 10.2. The van der Waals surface area contributed by atoms with Crippen LogP contribution < -0.4 is 11.1 Å². The third kappa shape index (κ3) is 6.34. The van der Waals surface area contributed by atoms with Gasteiger partial charge in [-0.3, -0.25) is 9.79 Å². The van der Waals surface area contributed by atoms with Crippen LogP contribution in [0.2, 0.25) is 0 Å². The van der Waals surface area contributed by atoms with Gasteiger partial charge in [0.05, 0.1) is 6.61 Å². The van der Waals surface area contributed by atoms with E-state index < -0.39 is 0 Å². The SMILES string of the molecule is COCc1ccccc1NC(N)=NCCCN1CCCC1=O.I. The number of carbonyl (C=O) groups is 1. The molecule has 1 aliphatic heterocycles. The van der Waals surface area contributed by atoms with Crippen molar-refractivity contribution in [1.29, 1.82) is 0 Å². The molecule has 128 valence electrons. The standard InChI is InChI=1S/C16H24N4O2.HI/c1-22-12-13-6-2-3-7-14(13)19-16(17)18-9-5-11-20-10-4-8-15(20)21;/h2-3,6-7H,4-5,8-12H2,1H3,(H3,17,18,19);1H. The number of aliphatic imine (C=N–C) groups is 1. The number of amides is 1. The van der Waals surface area contributed by atoms with Gasteiger partial charge in [0, 0.05) is 44.4 Å². The molecule has 0 saturated carbocycles. The lowest BCUT2D eigenvalue weighted by Crippen LogP contribution is -2.27. The van der Waals surface area contributed by atoms with Crippen molar-refractivity contribution in [2.45, 2.75) is 25.9 Å². The van der Waals surface area contributed by atoms with E-state index in [2.05, 4.69) is 10.3 Å². The molecule has 0 radical (unpaired) electrons. The van der Waals surface area contributed by atoms with Crippen molar-refractivity contribution in [2.75, 3.05) is 32.1 Å². The summed E-state index contributed by atoms with van der Waals surface area (Å²) in [5.41, 5.74) is 7.85. The second kappa shape index (κ2) is 10.4. The number of rotatable bonds is 7. The number of nitrogens with zero attached hydrogens (tertiary/aromatic N) is 2. The zero-order valence-electron chi connectivity index (χ0n) is 13.5. The average molecular weight is 432 g/mol. The van der Waals surface area contributed by atoms with Gasteiger partial charge in [-0.2, -0.15) is 0 Å². The Labute approximate surface area is 154 Å². The number of hydrogen-bond donors (Lipinski definition) is 2. The maximum atomic E-state index is 11.5. The Morgan fingerprint density at radius 3 is 2.91 bits per heavy atom. The van der Waals surface area contributed by atoms with Crippen LogP contribution in [-0.2, 0) is 16.1 Å². The van der Waals surface area contributed by atoms with E-state index in [4.69, 9.17) is 10.5 Å². The van der Waals surface area contributed by atoms with Gasteiger partial charge < -0.3 is 20.7 Å². The monoisotopic (exact) mass is 432 g/mol. The zero-order chi connectivity index (χ0) is 15.8. The maximum absolute atomic E-state index is 11.5. The molecule has 6 nitrogen and oxygen atoms in total. The molecule has 0 bridgehead atoms. The Morgan fingerprint density at radius 1 is 1.43 bits per heavy atom. The molecule has 1 aromatic carbocycles. The molecule has 1 aromatic rings. The van der Waals surface area contributed by atoms with Gasteiger partial charge in [0.15, 0.2) is 5.96 Å². The Morgan fingerprint density at radius 2 is 2.22 bits per heavy atom. The highest BCUT2D eigenvalue weighted by Crippen LogP contribution is 2.15. The second-order valence-electron chi connectivity index (χ2n) is 5.32. The number of guanidine groups is 1. The molecular weight excluding hydrogens is 407 g/mol. The zero-order valence-corrected chi connectivity index (χ0v) is 15.8. The van der Waals surface area contributed by atoms with E-state index in [-0.39, 0.29) is 29.9 Å². The number of likely N-dealkylation sites (tertiary alicyclic amines) is 1. The van der Waals surface area contributed by atoms with E-state index in [1.54, 1.807) is 7.11 Å². The van der Waals surface area contributed by atoms with Gasteiger partial charge in [-0.1, -0.05) is 18.2 Å².